The van der Waals surface area contributed by atoms with Crippen LogP contribution in [-0.2, 0) is 0 Å². The molecule has 1 aliphatic heterocycles. The van der Waals surface area contributed by atoms with Crippen LogP contribution in [0.1, 0.15) is 19.8 Å². The molecule has 1 N–H and O–H groups in total. The summed E-state index contributed by atoms with van der Waals surface area (Å²) < 4.78 is 0. The summed E-state index contributed by atoms with van der Waals surface area (Å²) in [6.45, 7) is 7.33. The fraction of sp³-hybridized carbons (Fsp3) is 1.00. The van der Waals surface area contributed by atoms with Crippen molar-refractivity contribution in [2.75, 3.05) is 26.2 Å². The monoisotopic (exact) mass is 190 g/mol. The van der Waals surface area contributed by atoms with Crippen LogP contribution in [0.25, 0.3) is 0 Å². The van der Waals surface area contributed by atoms with E-state index in [0.29, 0.717) is 0 Å². The third-order valence-corrected chi connectivity index (χ3v) is 2.83. The van der Waals surface area contributed by atoms with Crippen LogP contribution in [0.15, 0.2) is 0 Å². The molecule has 12 heavy (non-hydrogen) atoms. The van der Waals surface area contributed by atoms with Crippen molar-refractivity contribution < 1.29 is 0 Å². The molecular formula is C9H19ClN2. The largest absolute Gasteiger partial charge is 0.314 e. The third-order valence-electron chi connectivity index (χ3n) is 2.83. The number of rotatable bonds is 2. The van der Waals surface area contributed by atoms with Gasteiger partial charge in [0, 0.05) is 32.2 Å². The van der Waals surface area contributed by atoms with Gasteiger partial charge in [-0.1, -0.05) is 0 Å². The average Bonchev–Trinajstić information content (AvgIpc) is 2.78. The first-order valence-electron chi connectivity index (χ1n) is 4.81. The van der Waals surface area contributed by atoms with Crippen molar-refractivity contribution in [2.45, 2.75) is 25.8 Å². The molecular weight excluding hydrogens is 172 g/mol. The zero-order chi connectivity index (χ0) is 7.68. The second-order valence-corrected chi connectivity index (χ2v) is 3.99. The maximum Gasteiger partial charge on any atom is 0.0193 e. The van der Waals surface area contributed by atoms with Crippen LogP contribution < -0.4 is 5.32 Å². The van der Waals surface area contributed by atoms with Crippen molar-refractivity contribution in [1.29, 1.82) is 0 Å². The Kier molecular flexibility index (Phi) is 3.81. The Hall–Kier alpha value is 0.210. The van der Waals surface area contributed by atoms with Gasteiger partial charge in [0.05, 0.1) is 0 Å². The topological polar surface area (TPSA) is 15.3 Å². The van der Waals surface area contributed by atoms with E-state index in [1.807, 2.05) is 0 Å². The molecule has 3 heteroatoms. The molecule has 1 atom stereocenters. The van der Waals surface area contributed by atoms with E-state index in [9.17, 15) is 0 Å². The van der Waals surface area contributed by atoms with Crippen molar-refractivity contribution in [3.8, 4) is 0 Å². The zero-order valence-corrected chi connectivity index (χ0v) is 8.57. The van der Waals surface area contributed by atoms with Gasteiger partial charge in [-0.3, -0.25) is 4.90 Å². The lowest BCUT2D eigenvalue weighted by Crippen LogP contribution is -2.50. The smallest absolute Gasteiger partial charge is 0.0193 e. The van der Waals surface area contributed by atoms with E-state index in [0.717, 1.165) is 12.0 Å². The van der Waals surface area contributed by atoms with Gasteiger partial charge in [-0.25, -0.2) is 0 Å². The molecule has 0 spiro atoms. The molecule has 0 aromatic rings. The van der Waals surface area contributed by atoms with Crippen molar-refractivity contribution in [1.82, 2.24) is 10.2 Å². The molecule has 1 saturated heterocycles. The minimum absolute atomic E-state index is 0. The molecule has 0 unspecified atom stereocenters. The quantitative estimate of drug-likeness (QED) is 0.702. The summed E-state index contributed by atoms with van der Waals surface area (Å²) in [5.41, 5.74) is 0. The summed E-state index contributed by atoms with van der Waals surface area (Å²) >= 11 is 0. The molecule has 0 radical (unpaired) electrons. The van der Waals surface area contributed by atoms with E-state index in [1.54, 1.807) is 0 Å². The summed E-state index contributed by atoms with van der Waals surface area (Å²) in [4.78, 5) is 2.63. The standard InChI is InChI=1S/C9H18N2.ClH/c1-8-6-10-4-5-11(8)7-9-2-3-9;/h8-10H,2-7H2,1H3;1H/t8-;/m0./s1. The minimum atomic E-state index is 0. The maximum atomic E-state index is 3.42. The Morgan fingerprint density at radius 1 is 1.42 bits per heavy atom. The van der Waals surface area contributed by atoms with Crippen molar-refractivity contribution in [3.05, 3.63) is 0 Å². The fourth-order valence-corrected chi connectivity index (χ4v) is 1.79. The van der Waals surface area contributed by atoms with E-state index in [4.69, 9.17) is 0 Å². The number of piperazine rings is 1. The summed E-state index contributed by atoms with van der Waals surface area (Å²) in [5.74, 6) is 1.05. The second-order valence-electron chi connectivity index (χ2n) is 3.99. The van der Waals surface area contributed by atoms with E-state index in [1.165, 1.54) is 39.0 Å². The number of hydrogen-bond acceptors (Lipinski definition) is 2. The van der Waals surface area contributed by atoms with Gasteiger partial charge in [0.1, 0.15) is 0 Å². The third kappa shape index (κ3) is 2.61. The highest BCUT2D eigenvalue weighted by Gasteiger charge is 2.27. The highest BCUT2D eigenvalue weighted by atomic mass is 35.5. The number of nitrogens with zero attached hydrogens (tertiary/aromatic N) is 1. The Bertz CT molecular complexity index is 136. The predicted molar refractivity (Wildman–Crippen MR) is 53.9 cm³/mol. The lowest BCUT2D eigenvalue weighted by atomic mass is 10.2. The van der Waals surface area contributed by atoms with Crippen LogP contribution in [0, 0.1) is 5.92 Å². The average molecular weight is 191 g/mol. The SMILES string of the molecule is C[C@H]1CNCCN1CC1CC1.Cl. The van der Waals surface area contributed by atoms with E-state index in [2.05, 4.69) is 17.1 Å². The first-order chi connectivity index (χ1) is 5.36. The van der Waals surface area contributed by atoms with Gasteiger partial charge in [-0.05, 0) is 25.7 Å². The first-order valence-corrected chi connectivity index (χ1v) is 4.81. The van der Waals surface area contributed by atoms with Crippen LogP contribution in [-0.4, -0.2) is 37.1 Å². The van der Waals surface area contributed by atoms with Crippen LogP contribution in [0.4, 0.5) is 0 Å². The van der Waals surface area contributed by atoms with Crippen LogP contribution >= 0.6 is 12.4 Å². The molecule has 1 aliphatic carbocycles. The molecule has 2 nitrogen and oxygen atoms in total. The van der Waals surface area contributed by atoms with Crippen molar-refractivity contribution in [2.24, 2.45) is 5.92 Å². The summed E-state index contributed by atoms with van der Waals surface area (Å²) in [5, 5.41) is 3.42. The Morgan fingerprint density at radius 3 is 2.75 bits per heavy atom. The van der Waals surface area contributed by atoms with E-state index >= 15 is 0 Å². The number of nitrogens with one attached hydrogen (secondary N) is 1. The van der Waals surface area contributed by atoms with Gasteiger partial charge in [0.15, 0.2) is 0 Å². The van der Waals surface area contributed by atoms with Gasteiger partial charge in [-0.15, -0.1) is 12.4 Å². The molecule has 1 heterocycles. The Balaban J connectivity index is 0.000000720. The van der Waals surface area contributed by atoms with Gasteiger partial charge in [0.25, 0.3) is 0 Å². The lowest BCUT2D eigenvalue weighted by molar-refractivity contribution is 0.167. The van der Waals surface area contributed by atoms with E-state index in [-0.39, 0.29) is 12.4 Å². The molecule has 0 aromatic carbocycles. The molecule has 2 fully saturated rings. The van der Waals surface area contributed by atoms with Crippen LogP contribution in [0.3, 0.4) is 0 Å². The van der Waals surface area contributed by atoms with Gasteiger partial charge in [-0.2, -0.15) is 0 Å². The van der Waals surface area contributed by atoms with Crippen molar-refractivity contribution >= 4 is 12.4 Å². The zero-order valence-electron chi connectivity index (χ0n) is 7.75. The normalized spacial score (nSPS) is 31.2. The molecule has 0 bridgehead atoms. The summed E-state index contributed by atoms with van der Waals surface area (Å²) in [6.07, 6.45) is 2.97. The first kappa shape index (κ1) is 10.3. The molecule has 2 rings (SSSR count). The lowest BCUT2D eigenvalue weighted by Gasteiger charge is -2.33. The van der Waals surface area contributed by atoms with Crippen LogP contribution in [0.2, 0.25) is 0 Å². The Morgan fingerprint density at radius 2 is 2.17 bits per heavy atom. The highest BCUT2D eigenvalue weighted by molar-refractivity contribution is 5.85. The maximum absolute atomic E-state index is 3.42. The minimum Gasteiger partial charge on any atom is -0.314 e. The van der Waals surface area contributed by atoms with Crippen LogP contribution in [0.5, 0.6) is 0 Å². The highest BCUT2D eigenvalue weighted by Crippen LogP contribution is 2.30. The summed E-state index contributed by atoms with van der Waals surface area (Å²) in [6, 6.07) is 0.768. The Labute approximate surface area is 81.1 Å². The van der Waals surface area contributed by atoms with Gasteiger partial charge >= 0.3 is 0 Å². The number of hydrogen-bond donors (Lipinski definition) is 1. The molecule has 0 amide bonds. The molecule has 1 saturated carbocycles. The molecule has 72 valence electrons. The fourth-order valence-electron chi connectivity index (χ4n) is 1.79. The molecule has 2 aliphatic rings. The second kappa shape index (κ2) is 4.45. The van der Waals surface area contributed by atoms with Gasteiger partial charge < -0.3 is 5.32 Å². The summed E-state index contributed by atoms with van der Waals surface area (Å²) in [7, 11) is 0. The predicted octanol–water partition coefficient (Wildman–Crippen LogP) is 1.11. The molecule has 0 aromatic heterocycles. The van der Waals surface area contributed by atoms with Crippen molar-refractivity contribution in [3.63, 3.8) is 0 Å². The van der Waals surface area contributed by atoms with E-state index < -0.39 is 0 Å². The van der Waals surface area contributed by atoms with Gasteiger partial charge in [0.2, 0.25) is 0 Å². The number of halogens is 1.